The van der Waals surface area contributed by atoms with Crippen molar-refractivity contribution in [3.8, 4) is 0 Å². The fourth-order valence-corrected chi connectivity index (χ4v) is 3.06. The van der Waals surface area contributed by atoms with Crippen LogP contribution in [0.5, 0.6) is 0 Å². The Bertz CT molecular complexity index is 489. The highest BCUT2D eigenvalue weighted by Crippen LogP contribution is 2.15. The standard InChI is InChI=1S/C16H31N7.HI/c1-4-15-21-20-13-23(15)12-9-19-16(17-3)18-8-11-22-10-6-5-7-14(22)2;/h13-14H,4-12H2,1-3H3,(H2,17,18,19);1H. The number of nitrogens with one attached hydrogen (secondary N) is 2. The summed E-state index contributed by atoms with van der Waals surface area (Å²) in [5.41, 5.74) is 0. The van der Waals surface area contributed by atoms with E-state index in [1.807, 2.05) is 7.05 Å². The molecule has 1 aromatic heterocycles. The predicted molar refractivity (Wildman–Crippen MR) is 109 cm³/mol. The van der Waals surface area contributed by atoms with Gasteiger partial charge < -0.3 is 15.2 Å². The van der Waals surface area contributed by atoms with Crippen LogP contribution in [-0.4, -0.2) is 64.9 Å². The topological polar surface area (TPSA) is 70.4 Å². The van der Waals surface area contributed by atoms with Gasteiger partial charge in [-0.3, -0.25) is 9.89 Å². The minimum absolute atomic E-state index is 0. The normalized spacial score (nSPS) is 19.0. The molecule has 8 heteroatoms. The van der Waals surface area contributed by atoms with Gasteiger partial charge in [-0.05, 0) is 26.3 Å². The van der Waals surface area contributed by atoms with E-state index in [1.165, 1.54) is 25.8 Å². The minimum Gasteiger partial charge on any atom is -0.355 e. The first-order valence-corrected chi connectivity index (χ1v) is 8.79. The second kappa shape index (κ2) is 11.6. The first-order chi connectivity index (χ1) is 11.2. The Kier molecular flexibility index (Phi) is 10.2. The molecule has 1 aromatic rings. The zero-order chi connectivity index (χ0) is 16.5. The summed E-state index contributed by atoms with van der Waals surface area (Å²) in [5.74, 6) is 1.88. The zero-order valence-electron chi connectivity index (χ0n) is 15.2. The SMILES string of the molecule is CCc1nncn1CCNC(=NC)NCCN1CCCCC1C.I. The van der Waals surface area contributed by atoms with Gasteiger partial charge in [-0.25, -0.2) is 0 Å². The summed E-state index contributed by atoms with van der Waals surface area (Å²) >= 11 is 0. The fourth-order valence-electron chi connectivity index (χ4n) is 3.06. The van der Waals surface area contributed by atoms with E-state index in [9.17, 15) is 0 Å². The van der Waals surface area contributed by atoms with Crippen LogP contribution in [0.2, 0.25) is 0 Å². The first-order valence-electron chi connectivity index (χ1n) is 8.79. The minimum atomic E-state index is 0. The number of aliphatic imine (C=N–C) groups is 1. The summed E-state index contributed by atoms with van der Waals surface area (Å²) in [4.78, 5) is 6.85. The second-order valence-electron chi connectivity index (χ2n) is 6.10. The number of aryl methyl sites for hydroxylation is 1. The number of nitrogens with zero attached hydrogens (tertiary/aromatic N) is 5. The van der Waals surface area contributed by atoms with E-state index in [-0.39, 0.29) is 24.0 Å². The summed E-state index contributed by atoms with van der Waals surface area (Å²) in [6.07, 6.45) is 6.72. The van der Waals surface area contributed by atoms with E-state index in [1.54, 1.807) is 6.33 Å². The van der Waals surface area contributed by atoms with Crippen LogP contribution >= 0.6 is 24.0 Å². The second-order valence-corrected chi connectivity index (χ2v) is 6.10. The van der Waals surface area contributed by atoms with Crippen molar-refractivity contribution in [3.05, 3.63) is 12.2 Å². The van der Waals surface area contributed by atoms with Gasteiger partial charge in [0.25, 0.3) is 0 Å². The monoisotopic (exact) mass is 449 g/mol. The molecule has 24 heavy (non-hydrogen) atoms. The van der Waals surface area contributed by atoms with Crippen molar-refractivity contribution in [2.75, 3.05) is 33.2 Å². The number of piperidine rings is 1. The van der Waals surface area contributed by atoms with Crippen LogP contribution < -0.4 is 10.6 Å². The molecule has 0 aromatic carbocycles. The van der Waals surface area contributed by atoms with Crippen LogP contribution in [0, 0.1) is 0 Å². The molecule has 1 fully saturated rings. The largest absolute Gasteiger partial charge is 0.355 e. The highest BCUT2D eigenvalue weighted by Gasteiger charge is 2.17. The lowest BCUT2D eigenvalue weighted by Crippen LogP contribution is -2.45. The molecule has 0 bridgehead atoms. The quantitative estimate of drug-likeness (QED) is 0.375. The first kappa shape index (κ1) is 21.1. The fraction of sp³-hybridized carbons (Fsp3) is 0.812. The highest BCUT2D eigenvalue weighted by molar-refractivity contribution is 14.0. The molecule has 2 heterocycles. The lowest BCUT2D eigenvalue weighted by Gasteiger charge is -2.33. The van der Waals surface area contributed by atoms with Gasteiger partial charge in [0.15, 0.2) is 5.96 Å². The van der Waals surface area contributed by atoms with Gasteiger partial charge in [-0.1, -0.05) is 13.3 Å². The molecule has 1 atom stereocenters. The van der Waals surface area contributed by atoms with Crippen LogP contribution in [0.4, 0.5) is 0 Å². The lowest BCUT2D eigenvalue weighted by atomic mass is 10.0. The van der Waals surface area contributed by atoms with Crippen LogP contribution in [0.15, 0.2) is 11.3 Å². The summed E-state index contributed by atoms with van der Waals surface area (Å²) in [5, 5.41) is 14.8. The molecule has 138 valence electrons. The molecule has 1 aliphatic heterocycles. The Morgan fingerprint density at radius 3 is 2.71 bits per heavy atom. The number of likely N-dealkylation sites (tertiary alicyclic amines) is 1. The average molecular weight is 449 g/mol. The molecule has 7 nitrogen and oxygen atoms in total. The Hall–Kier alpha value is -0.900. The Balaban J connectivity index is 0.00000288. The highest BCUT2D eigenvalue weighted by atomic mass is 127. The maximum absolute atomic E-state index is 4.29. The van der Waals surface area contributed by atoms with E-state index in [2.05, 4.69) is 49.1 Å². The molecule has 0 aliphatic carbocycles. The van der Waals surface area contributed by atoms with Crippen LogP contribution in [0.1, 0.15) is 38.9 Å². The third-order valence-electron chi connectivity index (χ3n) is 4.51. The van der Waals surface area contributed by atoms with Crippen LogP contribution in [0.3, 0.4) is 0 Å². The van der Waals surface area contributed by atoms with E-state index in [0.29, 0.717) is 6.04 Å². The molecule has 1 aliphatic rings. The van der Waals surface area contributed by atoms with Crippen molar-refractivity contribution in [2.45, 2.75) is 52.1 Å². The molecule has 0 spiro atoms. The van der Waals surface area contributed by atoms with Crippen molar-refractivity contribution in [2.24, 2.45) is 4.99 Å². The summed E-state index contributed by atoms with van der Waals surface area (Å²) in [6, 6.07) is 0.710. The van der Waals surface area contributed by atoms with Gasteiger partial charge in [0.1, 0.15) is 12.2 Å². The van der Waals surface area contributed by atoms with Crippen molar-refractivity contribution in [1.29, 1.82) is 0 Å². The number of halogens is 1. The number of hydrogen-bond donors (Lipinski definition) is 2. The van der Waals surface area contributed by atoms with Gasteiger partial charge >= 0.3 is 0 Å². The molecule has 0 amide bonds. The van der Waals surface area contributed by atoms with Crippen molar-refractivity contribution >= 4 is 29.9 Å². The number of guanidine groups is 1. The average Bonchev–Trinajstić information content (AvgIpc) is 3.02. The predicted octanol–water partition coefficient (Wildman–Crippen LogP) is 1.50. The van der Waals surface area contributed by atoms with Crippen molar-refractivity contribution in [1.82, 2.24) is 30.3 Å². The number of hydrogen-bond acceptors (Lipinski definition) is 4. The Morgan fingerprint density at radius 2 is 2.04 bits per heavy atom. The smallest absolute Gasteiger partial charge is 0.191 e. The van der Waals surface area contributed by atoms with Gasteiger partial charge in [0, 0.05) is 45.7 Å². The summed E-state index contributed by atoms with van der Waals surface area (Å²) in [7, 11) is 1.81. The third-order valence-corrected chi connectivity index (χ3v) is 4.51. The molecule has 1 unspecified atom stereocenters. The molecule has 2 rings (SSSR count). The maximum atomic E-state index is 4.29. The summed E-state index contributed by atoms with van der Waals surface area (Å²) < 4.78 is 2.08. The number of rotatable bonds is 7. The van der Waals surface area contributed by atoms with Crippen LogP contribution in [-0.2, 0) is 13.0 Å². The lowest BCUT2D eigenvalue weighted by molar-refractivity contribution is 0.163. The third kappa shape index (κ3) is 6.54. The molecule has 0 radical (unpaired) electrons. The van der Waals surface area contributed by atoms with E-state index < -0.39 is 0 Å². The molecule has 1 saturated heterocycles. The van der Waals surface area contributed by atoms with Crippen molar-refractivity contribution < 1.29 is 0 Å². The van der Waals surface area contributed by atoms with E-state index in [0.717, 1.165) is 44.4 Å². The molecular weight excluding hydrogens is 417 g/mol. The molecular formula is C16H32IN7. The van der Waals surface area contributed by atoms with Crippen LogP contribution in [0.25, 0.3) is 0 Å². The summed E-state index contributed by atoms with van der Waals surface area (Å²) in [6.45, 7) is 9.31. The Morgan fingerprint density at radius 1 is 1.29 bits per heavy atom. The number of aromatic nitrogens is 3. The van der Waals surface area contributed by atoms with Gasteiger partial charge in [0.2, 0.25) is 0 Å². The van der Waals surface area contributed by atoms with Gasteiger partial charge in [-0.2, -0.15) is 0 Å². The van der Waals surface area contributed by atoms with E-state index >= 15 is 0 Å². The van der Waals surface area contributed by atoms with E-state index in [4.69, 9.17) is 0 Å². The van der Waals surface area contributed by atoms with Gasteiger partial charge in [0.05, 0.1) is 0 Å². The maximum Gasteiger partial charge on any atom is 0.191 e. The van der Waals surface area contributed by atoms with Gasteiger partial charge in [-0.15, -0.1) is 34.2 Å². The molecule has 0 saturated carbocycles. The Labute approximate surface area is 162 Å². The van der Waals surface area contributed by atoms with Crippen molar-refractivity contribution in [3.63, 3.8) is 0 Å². The zero-order valence-corrected chi connectivity index (χ0v) is 17.5. The molecule has 2 N–H and O–H groups in total.